The third-order valence-electron chi connectivity index (χ3n) is 3.78. The smallest absolute Gasteiger partial charge is 0.387 e. The molecule has 1 aromatic carbocycles. The van der Waals surface area contributed by atoms with Crippen LogP contribution in [-0.2, 0) is 16.1 Å². The number of nitrogens with zero attached hydrogens (tertiary/aromatic N) is 1. The molecule has 0 aliphatic heterocycles. The van der Waals surface area contributed by atoms with Crippen molar-refractivity contribution in [2.45, 2.75) is 26.0 Å². The molecule has 8 heteroatoms. The number of methoxy groups -OCH3 is 1. The molecule has 1 amide bonds. The highest BCUT2D eigenvalue weighted by Gasteiger charge is 2.58. The third-order valence-corrected chi connectivity index (χ3v) is 3.78. The van der Waals surface area contributed by atoms with Gasteiger partial charge in [-0.25, -0.2) is 0 Å². The quantitative estimate of drug-likeness (QED) is 0.776. The second-order valence-corrected chi connectivity index (χ2v) is 5.41. The van der Waals surface area contributed by atoms with Gasteiger partial charge in [0.05, 0.1) is 7.11 Å². The molecule has 2 rings (SSSR count). The van der Waals surface area contributed by atoms with Crippen molar-refractivity contribution in [3.63, 3.8) is 0 Å². The van der Waals surface area contributed by atoms with E-state index in [2.05, 4.69) is 4.74 Å². The molecule has 23 heavy (non-hydrogen) atoms. The van der Waals surface area contributed by atoms with Crippen molar-refractivity contribution in [3.8, 4) is 11.5 Å². The summed E-state index contributed by atoms with van der Waals surface area (Å²) in [5.41, 5.74) is -0.803. The van der Waals surface area contributed by atoms with Crippen LogP contribution in [-0.4, -0.2) is 42.7 Å². The van der Waals surface area contributed by atoms with Crippen LogP contribution in [0.2, 0.25) is 0 Å². The van der Waals surface area contributed by atoms with Crippen LogP contribution in [0.1, 0.15) is 18.4 Å². The number of carboxylic acids is 1. The Morgan fingerprint density at radius 2 is 2.00 bits per heavy atom. The lowest BCUT2D eigenvalue weighted by atomic mass is 10.1. The van der Waals surface area contributed by atoms with E-state index in [0.717, 1.165) is 0 Å². The zero-order valence-corrected chi connectivity index (χ0v) is 12.7. The number of halogens is 2. The second-order valence-electron chi connectivity index (χ2n) is 5.41. The summed E-state index contributed by atoms with van der Waals surface area (Å²) in [5, 5.41) is 9.13. The summed E-state index contributed by atoms with van der Waals surface area (Å²) < 4.78 is 34.1. The fraction of sp³-hybridized carbons (Fsp3) is 0.467. The molecule has 6 nitrogen and oxygen atoms in total. The summed E-state index contributed by atoms with van der Waals surface area (Å²) in [6.45, 7) is -2.92. The van der Waals surface area contributed by atoms with Gasteiger partial charge in [0.15, 0.2) is 11.5 Å². The first-order valence-corrected chi connectivity index (χ1v) is 6.91. The Hall–Kier alpha value is -2.38. The van der Waals surface area contributed by atoms with Crippen LogP contribution in [0.4, 0.5) is 8.78 Å². The first kappa shape index (κ1) is 17.0. The van der Waals surface area contributed by atoms with E-state index in [1.807, 2.05) is 0 Å². The molecule has 0 spiro atoms. The Kier molecular flexibility index (Phi) is 4.72. The summed E-state index contributed by atoms with van der Waals surface area (Å²) in [4.78, 5) is 24.7. The number of hydrogen-bond acceptors (Lipinski definition) is 4. The Bertz CT molecular complexity index is 616. The van der Waals surface area contributed by atoms with Gasteiger partial charge in [0.2, 0.25) is 5.91 Å². The van der Waals surface area contributed by atoms with Gasteiger partial charge < -0.3 is 19.5 Å². The SMILES string of the molecule is COc1ccc(CN(C)C(=O)C2(C(=O)O)CC2)cc1OC(F)F. The van der Waals surface area contributed by atoms with Gasteiger partial charge in [-0.3, -0.25) is 9.59 Å². The number of hydrogen-bond donors (Lipinski definition) is 1. The number of carbonyl (C=O) groups excluding carboxylic acids is 1. The van der Waals surface area contributed by atoms with E-state index in [4.69, 9.17) is 9.84 Å². The number of amides is 1. The zero-order valence-electron chi connectivity index (χ0n) is 12.7. The standard InChI is InChI=1S/C15H17F2NO5/c1-18(12(19)15(5-6-15)13(20)21)8-9-3-4-10(22-2)11(7-9)23-14(16)17/h3-4,7,14H,5-6,8H2,1-2H3,(H,20,21). The van der Waals surface area contributed by atoms with Crippen LogP contribution in [0.25, 0.3) is 0 Å². The number of carbonyl (C=O) groups is 2. The minimum Gasteiger partial charge on any atom is -0.493 e. The average molecular weight is 329 g/mol. The zero-order chi connectivity index (χ0) is 17.2. The number of benzene rings is 1. The minimum absolute atomic E-state index is 0.0808. The molecule has 0 atom stereocenters. The van der Waals surface area contributed by atoms with E-state index in [-0.39, 0.29) is 18.0 Å². The van der Waals surface area contributed by atoms with Crippen LogP contribution in [0.15, 0.2) is 18.2 Å². The molecule has 0 bridgehead atoms. The molecule has 1 saturated carbocycles. The van der Waals surface area contributed by atoms with Crippen molar-refractivity contribution >= 4 is 11.9 Å². The molecule has 1 aliphatic carbocycles. The van der Waals surface area contributed by atoms with Gasteiger partial charge in [0.1, 0.15) is 5.41 Å². The molecule has 1 aromatic rings. The molecule has 0 saturated heterocycles. The van der Waals surface area contributed by atoms with Crippen LogP contribution in [0, 0.1) is 5.41 Å². The number of rotatable bonds is 7. The van der Waals surface area contributed by atoms with Crippen molar-refractivity contribution in [2.24, 2.45) is 5.41 Å². The fourth-order valence-corrected chi connectivity index (χ4v) is 2.36. The van der Waals surface area contributed by atoms with Crippen molar-refractivity contribution in [2.75, 3.05) is 14.2 Å². The highest BCUT2D eigenvalue weighted by Crippen LogP contribution is 2.47. The molecule has 1 fully saturated rings. The molecule has 0 unspecified atom stereocenters. The Morgan fingerprint density at radius 3 is 2.48 bits per heavy atom. The van der Waals surface area contributed by atoms with Gasteiger partial charge in [-0.05, 0) is 30.5 Å². The molecular weight excluding hydrogens is 312 g/mol. The maximum atomic E-state index is 12.4. The van der Waals surface area contributed by atoms with Crippen molar-refractivity contribution < 1.29 is 33.0 Å². The Morgan fingerprint density at radius 1 is 1.35 bits per heavy atom. The van der Waals surface area contributed by atoms with E-state index in [9.17, 15) is 18.4 Å². The summed E-state index contributed by atoms with van der Waals surface area (Å²) >= 11 is 0. The molecule has 0 aromatic heterocycles. The maximum absolute atomic E-state index is 12.4. The largest absolute Gasteiger partial charge is 0.493 e. The van der Waals surface area contributed by atoms with Crippen molar-refractivity contribution in [3.05, 3.63) is 23.8 Å². The van der Waals surface area contributed by atoms with Gasteiger partial charge >= 0.3 is 12.6 Å². The molecule has 1 aliphatic rings. The number of aliphatic carboxylic acids is 1. The molecule has 126 valence electrons. The van der Waals surface area contributed by atoms with Crippen LogP contribution < -0.4 is 9.47 Å². The van der Waals surface area contributed by atoms with Crippen LogP contribution in [0.5, 0.6) is 11.5 Å². The predicted molar refractivity (Wildman–Crippen MR) is 75.4 cm³/mol. The molecule has 0 radical (unpaired) electrons. The summed E-state index contributed by atoms with van der Waals surface area (Å²) in [7, 11) is 2.80. The number of alkyl halides is 2. The topological polar surface area (TPSA) is 76.1 Å². The molecular formula is C15H17F2NO5. The minimum atomic E-state index is -3.00. The molecule has 1 N–H and O–H groups in total. The third kappa shape index (κ3) is 3.52. The normalized spacial score (nSPS) is 15.2. The maximum Gasteiger partial charge on any atom is 0.387 e. The second kappa shape index (κ2) is 6.39. The van der Waals surface area contributed by atoms with Crippen LogP contribution >= 0.6 is 0 Å². The first-order valence-electron chi connectivity index (χ1n) is 6.91. The van der Waals surface area contributed by atoms with E-state index in [0.29, 0.717) is 18.4 Å². The first-order chi connectivity index (χ1) is 10.8. The lowest BCUT2D eigenvalue weighted by Crippen LogP contribution is -2.38. The fourth-order valence-electron chi connectivity index (χ4n) is 2.36. The summed E-state index contributed by atoms with van der Waals surface area (Å²) in [6, 6.07) is 4.39. The van der Waals surface area contributed by atoms with Gasteiger partial charge in [0, 0.05) is 13.6 Å². The van der Waals surface area contributed by atoms with Gasteiger partial charge in [0.25, 0.3) is 0 Å². The van der Waals surface area contributed by atoms with Gasteiger partial charge in [-0.2, -0.15) is 8.78 Å². The highest BCUT2D eigenvalue weighted by atomic mass is 19.3. The Balaban J connectivity index is 2.13. The van der Waals surface area contributed by atoms with Gasteiger partial charge in [-0.1, -0.05) is 6.07 Å². The van der Waals surface area contributed by atoms with Gasteiger partial charge in [-0.15, -0.1) is 0 Å². The van der Waals surface area contributed by atoms with Crippen molar-refractivity contribution in [1.82, 2.24) is 4.90 Å². The lowest BCUT2D eigenvalue weighted by molar-refractivity contribution is -0.153. The average Bonchev–Trinajstić information content (AvgIpc) is 3.27. The lowest BCUT2D eigenvalue weighted by Gasteiger charge is -2.21. The van der Waals surface area contributed by atoms with Crippen LogP contribution in [0.3, 0.4) is 0 Å². The van der Waals surface area contributed by atoms with E-state index in [1.54, 1.807) is 6.07 Å². The Labute approximate surface area is 131 Å². The predicted octanol–water partition coefficient (Wildman–Crippen LogP) is 2.12. The monoisotopic (exact) mass is 329 g/mol. The van der Waals surface area contributed by atoms with E-state index >= 15 is 0 Å². The summed E-state index contributed by atoms with van der Waals surface area (Å²) in [6.07, 6.45) is 0.627. The summed E-state index contributed by atoms with van der Waals surface area (Å²) in [5.74, 6) is -1.62. The number of ether oxygens (including phenoxy) is 2. The number of carboxylic acid groups (broad SMARTS) is 1. The van der Waals surface area contributed by atoms with E-state index < -0.39 is 23.9 Å². The highest BCUT2D eigenvalue weighted by molar-refractivity contribution is 6.04. The van der Waals surface area contributed by atoms with E-state index in [1.165, 1.54) is 31.2 Å². The van der Waals surface area contributed by atoms with Crippen molar-refractivity contribution in [1.29, 1.82) is 0 Å². The molecule has 0 heterocycles.